The lowest BCUT2D eigenvalue weighted by Gasteiger charge is -2.05. The van der Waals surface area contributed by atoms with Crippen LogP contribution >= 0.6 is 22.7 Å². The van der Waals surface area contributed by atoms with Gasteiger partial charge in [0.15, 0.2) is 0 Å². The maximum Gasteiger partial charge on any atom is 0.273 e. The number of hydrogen-bond acceptors (Lipinski definition) is 6. The van der Waals surface area contributed by atoms with Gasteiger partial charge in [-0.2, -0.15) is 0 Å². The number of hydrogen-bond donors (Lipinski definition) is 2. The molecule has 0 spiro atoms. The number of phenols is 1. The lowest BCUT2D eigenvalue weighted by Crippen LogP contribution is -2.10. The minimum absolute atomic E-state index is 0.141. The Morgan fingerprint density at radius 3 is 2.71 bits per heavy atom. The van der Waals surface area contributed by atoms with E-state index in [0.717, 1.165) is 15.5 Å². The van der Waals surface area contributed by atoms with Crippen LogP contribution in [0, 0.1) is 10.1 Å². The number of carbonyl (C=O) groups excluding carboxylic acids is 1. The molecule has 1 aromatic carbocycles. The molecule has 2 N–H and O–H groups in total. The van der Waals surface area contributed by atoms with Gasteiger partial charge in [-0.25, -0.2) is 0 Å². The largest absolute Gasteiger partial charge is 0.506 e. The van der Waals surface area contributed by atoms with Crippen LogP contribution in [0.2, 0.25) is 0 Å². The molecule has 2 aromatic heterocycles. The van der Waals surface area contributed by atoms with Crippen LogP contribution in [-0.2, 0) is 0 Å². The molecule has 1 amide bonds. The first kappa shape index (κ1) is 13.5. The highest BCUT2D eigenvalue weighted by molar-refractivity contribution is 7.27. The number of aromatic hydroxyl groups is 1. The molecular formula is C13H8N2O4S2. The van der Waals surface area contributed by atoms with Crippen LogP contribution in [0.4, 0.5) is 11.4 Å². The van der Waals surface area contributed by atoms with E-state index in [1.807, 2.05) is 11.4 Å². The molecule has 0 aliphatic carbocycles. The molecule has 106 valence electrons. The van der Waals surface area contributed by atoms with Gasteiger partial charge in [-0.15, -0.1) is 22.7 Å². The predicted octanol–water partition coefficient (Wildman–Crippen LogP) is 3.83. The number of nitro groups is 1. The fourth-order valence-electron chi connectivity index (χ4n) is 1.80. The number of nitro benzene ring substituents is 1. The van der Waals surface area contributed by atoms with E-state index in [1.54, 1.807) is 17.4 Å². The van der Waals surface area contributed by atoms with Crippen molar-refractivity contribution in [3.05, 3.63) is 50.7 Å². The van der Waals surface area contributed by atoms with Crippen molar-refractivity contribution in [3.63, 3.8) is 0 Å². The summed E-state index contributed by atoms with van der Waals surface area (Å²) in [6, 6.07) is 7.25. The Kier molecular flexibility index (Phi) is 3.32. The molecular weight excluding hydrogens is 312 g/mol. The van der Waals surface area contributed by atoms with Crippen LogP contribution in [0.15, 0.2) is 35.7 Å². The van der Waals surface area contributed by atoms with Crippen LogP contribution in [-0.4, -0.2) is 15.9 Å². The van der Waals surface area contributed by atoms with Gasteiger partial charge >= 0.3 is 0 Å². The summed E-state index contributed by atoms with van der Waals surface area (Å²) in [4.78, 5) is 22.6. The number of nitrogens with one attached hydrogen (secondary N) is 1. The molecule has 8 heteroatoms. The third kappa shape index (κ3) is 2.58. The fourth-order valence-corrected chi connectivity index (χ4v) is 3.80. The van der Waals surface area contributed by atoms with Gasteiger partial charge < -0.3 is 10.4 Å². The summed E-state index contributed by atoms with van der Waals surface area (Å²) in [6.07, 6.45) is 0. The standard InChI is InChI=1S/C13H8N2O4S2/c16-9-5-7(15(18)19)1-2-8(9)14-13(17)12-6-11-10(21-12)3-4-20-11/h1-6,16H,(H,14,17). The third-order valence-electron chi connectivity index (χ3n) is 2.80. The second kappa shape index (κ2) is 5.15. The Morgan fingerprint density at radius 2 is 2.05 bits per heavy atom. The van der Waals surface area contributed by atoms with Gasteiger partial charge in [0.05, 0.1) is 21.6 Å². The van der Waals surface area contributed by atoms with Crippen molar-refractivity contribution in [1.82, 2.24) is 0 Å². The first-order valence-corrected chi connectivity index (χ1v) is 7.50. The summed E-state index contributed by atoms with van der Waals surface area (Å²) < 4.78 is 2.05. The molecule has 0 unspecified atom stereocenters. The maximum atomic E-state index is 12.1. The van der Waals surface area contributed by atoms with Crippen molar-refractivity contribution in [3.8, 4) is 5.75 Å². The fraction of sp³-hybridized carbons (Fsp3) is 0. The molecule has 0 bridgehead atoms. The van der Waals surface area contributed by atoms with Gasteiger partial charge in [-0.3, -0.25) is 14.9 Å². The van der Waals surface area contributed by atoms with E-state index < -0.39 is 4.92 Å². The summed E-state index contributed by atoms with van der Waals surface area (Å²) in [5, 5.41) is 24.8. The van der Waals surface area contributed by atoms with Gasteiger partial charge in [-0.05, 0) is 23.6 Å². The lowest BCUT2D eigenvalue weighted by molar-refractivity contribution is -0.384. The number of anilines is 1. The zero-order valence-electron chi connectivity index (χ0n) is 10.4. The zero-order valence-corrected chi connectivity index (χ0v) is 12.0. The number of amides is 1. The highest BCUT2D eigenvalue weighted by atomic mass is 32.1. The van der Waals surface area contributed by atoms with Crippen LogP contribution in [0.3, 0.4) is 0 Å². The summed E-state index contributed by atoms with van der Waals surface area (Å²) in [6.45, 7) is 0. The Morgan fingerprint density at radius 1 is 1.24 bits per heavy atom. The molecule has 0 aliphatic rings. The zero-order chi connectivity index (χ0) is 15.0. The van der Waals surface area contributed by atoms with E-state index in [0.29, 0.717) is 4.88 Å². The summed E-state index contributed by atoms with van der Waals surface area (Å²) in [7, 11) is 0. The minimum Gasteiger partial charge on any atom is -0.506 e. The van der Waals surface area contributed by atoms with Crippen LogP contribution < -0.4 is 5.32 Å². The number of phenolic OH excluding ortho intramolecular Hbond substituents is 1. The van der Waals surface area contributed by atoms with Crippen molar-refractivity contribution in [2.45, 2.75) is 0 Å². The van der Waals surface area contributed by atoms with Gasteiger partial charge in [0.1, 0.15) is 5.75 Å². The molecule has 6 nitrogen and oxygen atoms in total. The van der Waals surface area contributed by atoms with E-state index in [4.69, 9.17) is 0 Å². The van der Waals surface area contributed by atoms with Crippen molar-refractivity contribution in [1.29, 1.82) is 0 Å². The highest BCUT2D eigenvalue weighted by Crippen LogP contribution is 2.32. The lowest BCUT2D eigenvalue weighted by atomic mass is 10.2. The van der Waals surface area contributed by atoms with E-state index in [9.17, 15) is 20.0 Å². The average Bonchev–Trinajstić information content (AvgIpc) is 3.01. The number of rotatable bonds is 3. The second-order valence-electron chi connectivity index (χ2n) is 4.17. The highest BCUT2D eigenvalue weighted by Gasteiger charge is 2.15. The number of fused-ring (bicyclic) bond motifs is 1. The summed E-state index contributed by atoms with van der Waals surface area (Å²) in [5.41, 5.74) is -0.0931. The molecule has 0 radical (unpaired) electrons. The van der Waals surface area contributed by atoms with E-state index >= 15 is 0 Å². The molecule has 3 rings (SSSR count). The molecule has 3 aromatic rings. The van der Waals surface area contributed by atoms with Crippen molar-refractivity contribution >= 4 is 49.4 Å². The number of benzene rings is 1. The molecule has 0 saturated heterocycles. The first-order chi connectivity index (χ1) is 10.0. The molecule has 0 fully saturated rings. The Bertz CT molecular complexity index is 824. The van der Waals surface area contributed by atoms with Gasteiger partial charge in [0.25, 0.3) is 11.6 Å². The van der Waals surface area contributed by atoms with E-state index in [-0.39, 0.29) is 23.0 Å². The molecule has 0 saturated carbocycles. The van der Waals surface area contributed by atoms with Gasteiger partial charge in [0.2, 0.25) is 0 Å². The Balaban J connectivity index is 1.84. The number of carbonyl (C=O) groups is 1. The SMILES string of the molecule is O=C(Nc1ccc([N+](=O)[O-])cc1O)c1cc2sccc2s1. The van der Waals surface area contributed by atoms with E-state index in [1.165, 1.54) is 23.5 Å². The Hall–Kier alpha value is -2.45. The van der Waals surface area contributed by atoms with Crippen LogP contribution in [0.1, 0.15) is 9.67 Å². The van der Waals surface area contributed by atoms with Crippen molar-refractivity contribution in [2.24, 2.45) is 0 Å². The molecule has 0 aliphatic heterocycles. The van der Waals surface area contributed by atoms with Crippen LogP contribution in [0.25, 0.3) is 9.40 Å². The summed E-state index contributed by atoms with van der Waals surface area (Å²) >= 11 is 2.90. The average molecular weight is 320 g/mol. The summed E-state index contributed by atoms with van der Waals surface area (Å²) in [5.74, 6) is -0.691. The van der Waals surface area contributed by atoms with Crippen LogP contribution in [0.5, 0.6) is 5.75 Å². The maximum absolute atomic E-state index is 12.1. The normalized spacial score (nSPS) is 10.7. The van der Waals surface area contributed by atoms with Gasteiger partial charge in [0, 0.05) is 15.5 Å². The quantitative estimate of drug-likeness (QED) is 0.436. The number of nitrogens with zero attached hydrogens (tertiary/aromatic N) is 1. The monoisotopic (exact) mass is 320 g/mol. The number of non-ortho nitro benzene ring substituents is 1. The van der Waals surface area contributed by atoms with E-state index in [2.05, 4.69) is 5.32 Å². The minimum atomic E-state index is -0.612. The second-order valence-corrected chi connectivity index (χ2v) is 6.20. The van der Waals surface area contributed by atoms with Crippen molar-refractivity contribution < 1.29 is 14.8 Å². The molecule has 21 heavy (non-hydrogen) atoms. The predicted molar refractivity (Wildman–Crippen MR) is 82.4 cm³/mol. The topological polar surface area (TPSA) is 92.5 Å². The number of thiophene rings is 2. The molecule has 2 heterocycles. The Labute approximate surface area is 126 Å². The van der Waals surface area contributed by atoms with Crippen molar-refractivity contribution in [2.75, 3.05) is 5.32 Å². The molecule has 0 atom stereocenters. The third-order valence-corrected chi connectivity index (χ3v) is 4.90. The van der Waals surface area contributed by atoms with Gasteiger partial charge in [-0.1, -0.05) is 0 Å². The first-order valence-electron chi connectivity index (χ1n) is 5.80. The smallest absolute Gasteiger partial charge is 0.273 e.